The smallest absolute Gasteiger partial charge is 0.338 e. The van der Waals surface area contributed by atoms with Gasteiger partial charge in [0, 0.05) is 5.56 Å². The van der Waals surface area contributed by atoms with E-state index in [2.05, 4.69) is 89.7 Å². The van der Waals surface area contributed by atoms with Crippen molar-refractivity contribution in [3.8, 4) is 5.75 Å². The molecule has 1 aromatic rings. The highest BCUT2D eigenvalue weighted by Gasteiger charge is 2.59. The number of hydrogen-bond acceptors (Lipinski definition) is 8. The van der Waals surface area contributed by atoms with Crippen LogP contribution >= 0.6 is 11.6 Å². The number of rotatable bonds is 16. The molecule has 1 aromatic carbocycles. The molecule has 45 heavy (non-hydrogen) atoms. The first-order valence-electron chi connectivity index (χ1n) is 16.3. The molecule has 1 aliphatic heterocycles. The van der Waals surface area contributed by atoms with E-state index in [9.17, 15) is 14.7 Å². The van der Waals surface area contributed by atoms with E-state index in [4.69, 9.17) is 34.7 Å². The number of aldehydes is 1. The molecular formula is C34H57ClO8Si2. The van der Waals surface area contributed by atoms with Crippen molar-refractivity contribution in [3.05, 3.63) is 41.4 Å². The second-order valence-electron chi connectivity index (χ2n) is 14.1. The number of hydrogen-bond donors (Lipinski definition) is 1. The van der Waals surface area contributed by atoms with Crippen LogP contribution in [0.4, 0.5) is 0 Å². The molecule has 5 unspecified atom stereocenters. The van der Waals surface area contributed by atoms with Crippen LogP contribution in [0.25, 0.3) is 0 Å². The molecule has 0 aromatic heterocycles. The van der Waals surface area contributed by atoms with Crippen LogP contribution in [-0.4, -0.2) is 71.3 Å². The zero-order valence-corrected chi connectivity index (χ0v) is 32.1. The molecule has 0 saturated carbocycles. The Morgan fingerprint density at radius 3 is 1.76 bits per heavy atom. The van der Waals surface area contributed by atoms with Crippen LogP contribution in [0.3, 0.4) is 0 Å². The fourth-order valence-electron chi connectivity index (χ4n) is 7.69. The van der Waals surface area contributed by atoms with Gasteiger partial charge in [-0.2, -0.15) is 0 Å². The summed E-state index contributed by atoms with van der Waals surface area (Å²) in [5.74, 6) is -0.459. The molecule has 11 heteroatoms. The van der Waals surface area contributed by atoms with E-state index < -0.39 is 53.3 Å². The Hall–Kier alpha value is -1.54. The average Bonchev–Trinajstić information content (AvgIpc) is 2.94. The highest BCUT2D eigenvalue weighted by atomic mass is 35.5. The molecule has 1 aliphatic rings. The number of esters is 1. The molecule has 5 atom stereocenters. The fourth-order valence-corrected chi connectivity index (χ4v) is 19.0. The third-order valence-electron chi connectivity index (χ3n) is 9.53. The van der Waals surface area contributed by atoms with Crippen molar-refractivity contribution < 1.29 is 37.8 Å². The molecule has 8 nitrogen and oxygen atoms in total. The van der Waals surface area contributed by atoms with E-state index in [-0.39, 0.29) is 50.6 Å². The first-order chi connectivity index (χ1) is 20.9. The number of carbonyl (C=O) groups excluding carboxylic acids is 2. The number of ether oxygens (including phenoxy) is 3. The standard InChI is InChI=1S/C34H57ClO8Si2/c1-14-17-39-33(38)32-30(42-44(20(2)3,21(4)5)22(6)7)29(37)31(43-45(23(8)9,24(10)11)25(12)13)34(41-32)40-28-16-15-26(19-36)18-27(28)35/h14-16,18-25,29-32,34,37H,1,17H2,2-13H3. The molecule has 256 valence electrons. The lowest BCUT2D eigenvalue weighted by molar-refractivity contribution is -0.266. The van der Waals surface area contributed by atoms with Gasteiger partial charge >= 0.3 is 5.97 Å². The van der Waals surface area contributed by atoms with E-state index in [1.54, 1.807) is 12.1 Å². The first-order valence-corrected chi connectivity index (χ1v) is 21.0. The van der Waals surface area contributed by atoms with Crippen molar-refractivity contribution >= 4 is 40.5 Å². The van der Waals surface area contributed by atoms with Crippen molar-refractivity contribution in [1.82, 2.24) is 0 Å². The number of aliphatic hydroxyl groups excluding tert-OH is 1. The fraction of sp³-hybridized carbons (Fsp3) is 0.706. The van der Waals surface area contributed by atoms with Gasteiger partial charge in [0.15, 0.2) is 6.10 Å². The van der Waals surface area contributed by atoms with Crippen LogP contribution < -0.4 is 4.74 Å². The predicted molar refractivity (Wildman–Crippen MR) is 185 cm³/mol. The van der Waals surface area contributed by atoms with Crippen LogP contribution in [0.15, 0.2) is 30.9 Å². The van der Waals surface area contributed by atoms with Crippen LogP contribution in [0, 0.1) is 0 Å². The molecule has 0 aliphatic carbocycles. The minimum atomic E-state index is -2.65. The summed E-state index contributed by atoms with van der Waals surface area (Å²) in [6, 6.07) is 4.64. The summed E-state index contributed by atoms with van der Waals surface area (Å²) in [5, 5.41) is 12.6. The molecule has 0 spiro atoms. The zero-order chi connectivity index (χ0) is 34.4. The average molecular weight is 685 g/mol. The Kier molecular flexibility index (Phi) is 14.6. The highest BCUT2D eigenvalue weighted by Crippen LogP contribution is 2.48. The van der Waals surface area contributed by atoms with Gasteiger partial charge in [-0.15, -0.1) is 0 Å². The maximum absolute atomic E-state index is 13.7. The van der Waals surface area contributed by atoms with Gasteiger partial charge in [-0.05, 0) is 51.4 Å². The molecular weight excluding hydrogens is 628 g/mol. The van der Waals surface area contributed by atoms with Crippen molar-refractivity contribution in [2.75, 3.05) is 6.61 Å². The molecule has 1 N–H and O–H groups in total. The minimum absolute atomic E-state index is 0.0306. The van der Waals surface area contributed by atoms with Gasteiger partial charge in [-0.3, -0.25) is 4.79 Å². The summed E-state index contributed by atoms with van der Waals surface area (Å²) in [6.45, 7) is 29.5. The monoisotopic (exact) mass is 684 g/mol. The maximum atomic E-state index is 13.7. The second-order valence-corrected chi connectivity index (χ2v) is 25.3. The lowest BCUT2D eigenvalue weighted by Gasteiger charge is -2.53. The van der Waals surface area contributed by atoms with Crippen LogP contribution in [-0.2, 0) is 23.1 Å². The van der Waals surface area contributed by atoms with Gasteiger partial charge < -0.3 is 28.2 Å². The normalized spacial score (nSPS) is 23.0. The summed E-state index contributed by atoms with van der Waals surface area (Å²) in [7, 11) is -5.29. The summed E-state index contributed by atoms with van der Waals surface area (Å²) in [6.07, 6.45) is -3.77. The first kappa shape index (κ1) is 39.6. The number of aliphatic hydroxyl groups is 1. The van der Waals surface area contributed by atoms with Gasteiger partial charge in [0.05, 0.1) is 5.02 Å². The van der Waals surface area contributed by atoms with Gasteiger partial charge in [-0.1, -0.05) is 107 Å². The topological polar surface area (TPSA) is 101 Å². The van der Waals surface area contributed by atoms with Crippen LogP contribution in [0.5, 0.6) is 5.75 Å². The largest absolute Gasteiger partial charge is 0.460 e. The molecule has 0 radical (unpaired) electrons. The van der Waals surface area contributed by atoms with E-state index in [1.165, 1.54) is 12.1 Å². The Bertz CT molecular complexity index is 1100. The number of carbonyl (C=O) groups is 2. The summed E-state index contributed by atoms with van der Waals surface area (Å²) < 4.78 is 32.7. The molecule has 2 rings (SSSR count). The van der Waals surface area contributed by atoms with Crippen molar-refractivity contribution in [3.63, 3.8) is 0 Å². The van der Waals surface area contributed by atoms with Crippen molar-refractivity contribution in [2.45, 2.75) is 147 Å². The van der Waals surface area contributed by atoms with Gasteiger partial charge in [0.25, 0.3) is 0 Å². The zero-order valence-electron chi connectivity index (χ0n) is 29.3. The third kappa shape index (κ3) is 8.31. The highest BCUT2D eigenvalue weighted by molar-refractivity contribution is 6.78. The number of benzene rings is 1. The van der Waals surface area contributed by atoms with Gasteiger partial charge in [0.1, 0.15) is 37.0 Å². The Morgan fingerprint density at radius 2 is 1.36 bits per heavy atom. The van der Waals surface area contributed by atoms with E-state index in [0.717, 1.165) is 0 Å². The van der Waals surface area contributed by atoms with E-state index >= 15 is 0 Å². The minimum Gasteiger partial charge on any atom is -0.460 e. The van der Waals surface area contributed by atoms with Crippen LogP contribution in [0.2, 0.25) is 38.3 Å². The van der Waals surface area contributed by atoms with E-state index in [1.807, 2.05) is 0 Å². The third-order valence-corrected chi connectivity index (χ3v) is 22.0. The number of halogens is 1. The summed E-state index contributed by atoms with van der Waals surface area (Å²) in [5.41, 5.74) is 1.46. The Morgan fingerprint density at radius 1 is 0.889 bits per heavy atom. The Labute approximate surface area is 278 Å². The molecule has 0 bridgehead atoms. The van der Waals surface area contributed by atoms with Gasteiger partial charge in [-0.25, -0.2) is 4.79 Å². The van der Waals surface area contributed by atoms with Crippen molar-refractivity contribution in [1.29, 1.82) is 0 Å². The summed E-state index contributed by atoms with van der Waals surface area (Å²) >= 11 is 6.53. The predicted octanol–water partition coefficient (Wildman–Crippen LogP) is 8.47. The SMILES string of the molecule is C=CCOC(=O)C1OC(Oc2ccc(C=O)cc2Cl)C(O[Si](C(C)C)(C(C)C)C(C)C)C(O)C1O[Si](C(C)C)(C(C)C)C(C)C. The molecule has 1 fully saturated rings. The summed E-state index contributed by atoms with van der Waals surface area (Å²) in [4.78, 5) is 25.0. The molecule has 0 amide bonds. The lowest BCUT2D eigenvalue weighted by atomic mass is 9.99. The second kappa shape index (κ2) is 16.5. The maximum Gasteiger partial charge on any atom is 0.338 e. The van der Waals surface area contributed by atoms with Crippen LogP contribution in [0.1, 0.15) is 93.4 Å². The van der Waals surface area contributed by atoms with Crippen molar-refractivity contribution in [2.24, 2.45) is 0 Å². The molecule has 1 heterocycles. The molecule has 1 saturated heterocycles. The quantitative estimate of drug-likeness (QED) is 0.0801. The van der Waals surface area contributed by atoms with Gasteiger partial charge in [0.2, 0.25) is 22.9 Å². The lowest BCUT2D eigenvalue weighted by Crippen LogP contribution is -2.68. The Balaban J connectivity index is 2.81. The van der Waals surface area contributed by atoms with E-state index in [0.29, 0.717) is 11.8 Å².